The summed E-state index contributed by atoms with van der Waals surface area (Å²) in [6, 6.07) is 6.56. The summed E-state index contributed by atoms with van der Waals surface area (Å²) in [6.07, 6.45) is 15.1. The fraction of sp³-hybridized carbons (Fsp3) is 0.571. The molecule has 2 aromatic heterocycles. The molecule has 0 radical (unpaired) electrons. The van der Waals surface area contributed by atoms with E-state index in [1.807, 2.05) is 0 Å². The lowest BCUT2D eigenvalue weighted by Crippen LogP contribution is -2.31. The quantitative estimate of drug-likeness (QED) is 0.0863. The number of Topliss-reactive ketones (excluding diaryl/α,β-unsaturated/α-hetero) is 2. The van der Waals surface area contributed by atoms with Crippen molar-refractivity contribution >= 4 is 78.0 Å². The number of nitrogens with one attached hydrogen (secondary N) is 1. The van der Waals surface area contributed by atoms with Gasteiger partial charge in [-0.1, -0.05) is 78.1 Å². The zero-order valence-electron chi connectivity index (χ0n) is 22.9. The Bertz CT molecular complexity index is 973. The minimum atomic E-state index is -1.42. The maximum Gasteiger partial charge on any atom is 0.378 e. The molecule has 220 valence electrons. The van der Waals surface area contributed by atoms with Crippen molar-refractivity contribution in [3.63, 3.8) is 0 Å². The van der Waals surface area contributed by atoms with Crippen LogP contribution in [0.4, 0.5) is 0 Å². The molecule has 0 saturated heterocycles. The number of aliphatic carboxylic acids is 1. The van der Waals surface area contributed by atoms with E-state index in [9.17, 15) is 19.2 Å². The number of rotatable bonds is 17. The van der Waals surface area contributed by atoms with Crippen molar-refractivity contribution in [2.24, 2.45) is 5.73 Å². The molecule has 0 bridgehead atoms. The Kier molecular flexibility index (Phi) is 23.5. The molecule has 1 amide bonds. The van der Waals surface area contributed by atoms with Crippen LogP contribution in [0.15, 0.2) is 31.8 Å². The molecule has 0 aromatic carbocycles. The first-order chi connectivity index (χ1) is 18.7. The molecule has 0 fully saturated rings. The van der Waals surface area contributed by atoms with Crippen LogP contribution in [0.5, 0.6) is 0 Å². The van der Waals surface area contributed by atoms with E-state index in [4.69, 9.17) is 10.8 Å². The number of halogens is 2. The number of carboxylic acid groups (broad SMARTS) is 1. The van der Waals surface area contributed by atoms with Crippen molar-refractivity contribution in [2.75, 3.05) is 13.1 Å². The lowest BCUT2D eigenvalue weighted by atomic mass is 10.1. The fourth-order valence-corrected chi connectivity index (χ4v) is 5.84. The van der Waals surface area contributed by atoms with E-state index in [-0.39, 0.29) is 4.88 Å². The third kappa shape index (κ3) is 19.3. The summed E-state index contributed by atoms with van der Waals surface area (Å²) < 4.78 is 1.61. The average molecular weight is 711 g/mol. The number of carbonyl (C=O) groups is 4. The molecular formula is C28H42Br2N2O5S2. The van der Waals surface area contributed by atoms with Crippen LogP contribution in [0, 0.1) is 0 Å². The van der Waals surface area contributed by atoms with E-state index in [0.717, 1.165) is 38.3 Å². The smallest absolute Gasteiger partial charge is 0.378 e. The van der Waals surface area contributed by atoms with Crippen LogP contribution in [0.3, 0.4) is 0 Å². The van der Waals surface area contributed by atoms with Gasteiger partial charge in [0.1, 0.15) is 0 Å². The van der Waals surface area contributed by atoms with Crippen LogP contribution in [-0.4, -0.2) is 41.6 Å². The van der Waals surface area contributed by atoms with Gasteiger partial charge in [-0.2, -0.15) is 0 Å². The Morgan fingerprint density at radius 1 is 0.718 bits per heavy atom. The van der Waals surface area contributed by atoms with Gasteiger partial charge in [0.25, 0.3) is 17.5 Å². The minimum Gasteiger partial charge on any atom is -0.475 e. The highest BCUT2D eigenvalue weighted by Gasteiger charge is 2.17. The Labute approximate surface area is 257 Å². The van der Waals surface area contributed by atoms with Gasteiger partial charge in [0, 0.05) is 6.54 Å². The van der Waals surface area contributed by atoms with Gasteiger partial charge in [0.05, 0.1) is 17.3 Å². The topological polar surface area (TPSA) is 127 Å². The number of hydrogen-bond acceptors (Lipinski definition) is 7. The maximum absolute atomic E-state index is 11.7. The predicted octanol–water partition coefficient (Wildman–Crippen LogP) is 8.25. The van der Waals surface area contributed by atoms with Crippen LogP contribution < -0.4 is 11.1 Å². The van der Waals surface area contributed by atoms with E-state index in [0.29, 0.717) is 11.4 Å². The highest BCUT2D eigenvalue weighted by Crippen LogP contribution is 2.23. The van der Waals surface area contributed by atoms with E-state index in [1.54, 1.807) is 18.2 Å². The average Bonchev–Trinajstić information content (AvgIpc) is 3.56. The first-order valence-corrected chi connectivity index (χ1v) is 16.7. The van der Waals surface area contributed by atoms with Crippen molar-refractivity contribution in [1.29, 1.82) is 0 Å². The molecule has 2 rings (SSSR count). The highest BCUT2D eigenvalue weighted by molar-refractivity contribution is 9.11. The number of thiophene rings is 2. The van der Waals surface area contributed by atoms with Crippen molar-refractivity contribution in [3.8, 4) is 0 Å². The van der Waals surface area contributed by atoms with Gasteiger partial charge in [-0.05, 0) is 75.5 Å². The summed E-state index contributed by atoms with van der Waals surface area (Å²) in [5, 5.41) is 11.0. The van der Waals surface area contributed by atoms with Crippen LogP contribution in [0.25, 0.3) is 0 Å². The van der Waals surface area contributed by atoms with Crippen molar-refractivity contribution in [2.45, 2.75) is 90.9 Å². The first-order valence-electron chi connectivity index (χ1n) is 13.5. The lowest BCUT2D eigenvalue weighted by Gasteiger charge is -2.03. The van der Waals surface area contributed by atoms with Crippen molar-refractivity contribution in [1.82, 2.24) is 5.32 Å². The summed E-state index contributed by atoms with van der Waals surface area (Å²) in [5.74, 6) is -3.22. The third-order valence-corrected chi connectivity index (χ3v) is 8.61. The highest BCUT2D eigenvalue weighted by atomic mass is 79.9. The van der Waals surface area contributed by atoms with Crippen LogP contribution in [-0.2, 0) is 9.59 Å². The molecule has 0 aliphatic carbocycles. The molecule has 2 aromatic rings. The third-order valence-electron chi connectivity index (χ3n) is 5.37. The molecule has 0 spiro atoms. The largest absolute Gasteiger partial charge is 0.475 e. The first kappa shape index (κ1) is 37.6. The lowest BCUT2D eigenvalue weighted by molar-refractivity contribution is -0.131. The number of unbranched alkanes of at least 4 members (excludes halogenated alkanes) is 10. The molecule has 0 aliphatic rings. The van der Waals surface area contributed by atoms with E-state index in [1.165, 1.54) is 81.6 Å². The number of ketones is 2. The van der Waals surface area contributed by atoms with E-state index in [2.05, 4.69) is 51.0 Å². The number of carboxylic acids is 1. The van der Waals surface area contributed by atoms with E-state index >= 15 is 0 Å². The van der Waals surface area contributed by atoms with Gasteiger partial charge >= 0.3 is 5.97 Å². The van der Waals surface area contributed by atoms with Gasteiger partial charge in [-0.15, -0.1) is 22.7 Å². The summed E-state index contributed by atoms with van der Waals surface area (Å²) in [7, 11) is 0. The second-order valence-electron chi connectivity index (χ2n) is 8.75. The Morgan fingerprint density at radius 3 is 1.56 bits per heavy atom. The fourth-order valence-electron chi connectivity index (χ4n) is 3.20. The Morgan fingerprint density at radius 2 is 1.15 bits per heavy atom. The maximum atomic E-state index is 11.7. The minimum absolute atomic E-state index is 0.240. The molecule has 4 N–H and O–H groups in total. The monoisotopic (exact) mass is 708 g/mol. The molecule has 0 unspecified atom stereocenters. The molecular weight excluding hydrogens is 668 g/mol. The number of hydrogen-bond donors (Lipinski definition) is 3. The summed E-state index contributed by atoms with van der Waals surface area (Å²) >= 11 is 8.79. The summed E-state index contributed by atoms with van der Waals surface area (Å²) in [4.78, 5) is 45.0. The molecule has 0 aliphatic heterocycles. The zero-order chi connectivity index (χ0) is 29.5. The Balaban J connectivity index is 0.000000612. The van der Waals surface area contributed by atoms with Gasteiger partial charge in [-0.25, -0.2) is 4.79 Å². The van der Waals surface area contributed by atoms with Crippen LogP contribution >= 0.6 is 54.5 Å². The SMILES string of the molecule is CCCCCCCCN.CCCCCCCCNC(=O)C(=O)c1ccc(Br)s1.O=C(O)C(=O)c1ccc(Br)s1. The second-order valence-corrected chi connectivity index (χ2v) is 13.7. The van der Waals surface area contributed by atoms with Gasteiger partial charge in [-0.3, -0.25) is 14.4 Å². The number of carbonyl (C=O) groups excluding carboxylic acids is 3. The van der Waals surface area contributed by atoms with Crippen LogP contribution in [0.1, 0.15) is 110 Å². The molecule has 39 heavy (non-hydrogen) atoms. The second kappa shape index (κ2) is 24.4. The van der Waals surface area contributed by atoms with Crippen molar-refractivity contribution < 1.29 is 24.3 Å². The molecule has 2 heterocycles. The normalized spacial score (nSPS) is 10.1. The van der Waals surface area contributed by atoms with Crippen molar-refractivity contribution in [3.05, 3.63) is 41.6 Å². The number of nitrogens with two attached hydrogens (primary N) is 1. The predicted molar refractivity (Wildman–Crippen MR) is 169 cm³/mol. The zero-order valence-corrected chi connectivity index (χ0v) is 27.7. The molecule has 11 heteroatoms. The van der Waals surface area contributed by atoms with E-state index < -0.39 is 23.4 Å². The number of amides is 1. The molecule has 7 nitrogen and oxygen atoms in total. The van der Waals surface area contributed by atoms with Gasteiger partial charge in [0.2, 0.25) is 0 Å². The summed E-state index contributed by atoms with van der Waals surface area (Å²) in [5.41, 5.74) is 5.34. The summed E-state index contributed by atoms with van der Waals surface area (Å²) in [6.45, 7) is 5.88. The molecule has 0 saturated carbocycles. The van der Waals surface area contributed by atoms with Crippen LogP contribution in [0.2, 0.25) is 0 Å². The van der Waals surface area contributed by atoms with Gasteiger partial charge < -0.3 is 16.2 Å². The molecule has 0 atom stereocenters. The van der Waals surface area contributed by atoms with Gasteiger partial charge in [0.15, 0.2) is 0 Å². The Hall–Kier alpha value is -1.40. The standard InChI is InChI=1S/C14H20BrNO2S.C8H19N.C6H3BrO3S/c1-2-3-4-5-6-7-10-16-14(18)13(17)11-8-9-12(15)19-11;1-2-3-4-5-6-7-8-9;7-4-2-1-3(11-4)5(8)6(9)10/h8-9H,2-7,10H2,1H3,(H,16,18);2-9H2,1H3;1-2H,(H,9,10).